The molecule has 0 aromatic carbocycles. The second-order valence-electron chi connectivity index (χ2n) is 4.67. The third-order valence-corrected chi connectivity index (χ3v) is 3.01. The smallest absolute Gasteiger partial charge is 0.0553 e. The minimum atomic E-state index is 0.326. The zero-order valence-electron chi connectivity index (χ0n) is 8.55. The molecule has 1 heterocycles. The largest absolute Gasteiger partial charge is 0.380 e. The fourth-order valence-electron chi connectivity index (χ4n) is 1.47. The lowest BCUT2D eigenvalue weighted by molar-refractivity contribution is -0.165. The van der Waals surface area contributed by atoms with Gasteiger partial charge in [0.15, 0.2) is 0 Å². The summed E-state index contributed by atoms with van der Waals surface area (Å²) in [5.74, 6) is 0. The van der Waals surface area contributed by atoms with E-state index in [4.69, 9.17) is 4.74 Å². The van der Waals surface area contributed by atoms with Crippen LogP contribution < -0.4 is 0 Å². The normalized spacial score (nSPS) is 22.7. The minimum absolute atomic E-state index is 0.326. The van der Waals surface area contributed by atoms with Crippen LogP contribution in [0.15, 0.2) is 4.99 Å². The molecule has 12 heavy (non-hydrogen) atoms. The molecule has 1 aliphatic rings. The predicted molar refractivity (Wildman–Crippen MR) is 51.7 cm³/mol. The van der Waals surface area contributed by atoms with Crippen molar-refractivity contribution in [3.63, 3.8) is 0 Å². The quantitative estimate of drug-likeness (QED) is 0.580. The van der Waals surface area contributed by atoms with E-state index in [1.807, 2.05) is 13.3 Å². The van der Waals surface area contributed by atoms with E-state index in [0.29, 0.717) is 10.8 Å². The molecule has 1 saturated heterocycles. The van der Waals surface area contributed by atoms with Crippen molar-refractivity contribution >= 4 is 6.21 Å². The van der Waals surface area contributed by atoms with E-state index in [2.05, 4.69) is 25.8 Å². The molecule has 0 N–H and O–H groups in total. The predicted octanol–water partition coefficient (Wildman–Crippen LogP) is 2.14. The first-order valence-electron chi connectivity index (χ1n) is 4.50. The second kappa shape index (κ2) is 3.17. The van der Waals surface area contributed by atoms with Crippen LogP contribution in [-0.4, -0.2) is 26.5 Å². The molecule has 2 heteroatoms. The molecule has 0 amide bonds. The fraction of sp³-hybridized carbons (Fsp3) is 0.900. The Morgan fingerprint density at radius 2 is 2.00 bits per heavy atom. The van der Waals surface area contributed by atoms with E-state index in [1.54, 1.807) is 0 Å². The number of rotatable bonds is 2. The maximum Gasteiger partial charge on any atom is 0.0553 e. The van der Waals surface area contributed by atoms with Gasteiger partial charge in [0.05, 0.1) is 13.2 Å². The summed E-state index contributed by atoms with van der Waals surface area (Å²) in [7, 11) is 1.83. The molecule has 1 fully saturated rings. The first kappa shape index (κ1) is 9.72. The summed E-state index contributed by atoms with van der Waals surface area (Å²) >= 11 is 0. The van der Waals surface area contributed by atoms with Crippen molar-refractivity contribution in [2.75, 3.05) is 20.3 Å². The van der Waals surface area contributed by atoms with E-state index < -0.39 is 0 Å². The standard InChI is InChI=1S/C10H19NO/c1-9(2,3)10(5-6-11-4)7-12-8-10/h6H,5,7-8H2,1-4H3. The molecule has 2 nitrogen and oxygen atoms in total. The zero-order valence-corrected chi connectivity index (χ0v) is 8.55. The summed E-state index contributed by atoms with van der Waals surface area (Å²) in [4.78, 5) is 4.04. The molecular weight excluding hydrogens is 150 g/mol. The van der Waals surface area contributed by atoms with Gasteiger partial charge in [-0.05, 0) is 18.1 Å². The van der Waals surface area contributed by atoms with Gasteiger partial charge in [-0.15, -0.1) is 0 Å². The summed E-state index contributed by atoms with van der Waals surface area (Å²) in [6.45, 7) is 8.61. The lowest BCUT2D eigenvalue weighted by Crippen LogP contribution is -2.52. The SMILES string of the molecule is CN=CCC1(C(C)(C)C)COC1. The van der Waals surface area contributed by atoms with Gasteiger partial charge < -0.3 is 9.73 Å². The van der Waals surface area contributed by atoms with Crippen molar-refractivity contribution in [2.45, 2.75) is 27.2 Å². The molecule has 0 spiro atoms. The van der Waals surface area contributed by atoms with Crippen molar-refractivity contribution in [1.82, 2.24) is 0 Å². The van der Waals surface area contributed by atoms with Gasteiger partial charge in [0, 0.05) is 12.5 Å². The van der Waals surface area contributed by atoms with Gasteiger partial charge in [0.1, 0.15) is 0 Å². The Bertz CT molecular complexity index is 175. The Balaban J connectivity index is 2.63. The van der Waals surface area contributed by atoms with E-state index in [1.165, 1.54) is 0 Å². The monoisotopic (exact) mass is 169 g/mol. The summed E-state index contributed by atoms with van der Waals surface area (Å²) < 4.78 is 5.30. The average Bonchev–Trinajstić information content (AvgIpc) is 1.82. The van der Waals surface area contributed by atoms with Crippen LogP contribution in [0, 0.1) is 10.8 Å². The topological polar surface area (TPSA) is 21.6 Å². The van der Waals surface area contributed by atoms with Crippen LogP contribution in [0.1, 0.15) is 27.2 Å². The Hall–Kier alpha value is -0.370. The zero-order chi connectivity index (χ0) is 9.24. The maximum atomic E-state index is 5.30. The molecule has 70 valence electrons. The molecule has 0 unspecified atom stereocenters. The molecular formula is C10H19NO. The van der Waals surface area contributed by atoms with E-state index in [9.17, 15) is 0 Å². The number of nitrogens with zero attached hydrogens (tertiary/aromatic N) is 1. The first-order valence-corrected chi connectivity index (χ1v) is 4.50. The van der Waals surface area contributed by atoms with Gasteiger partial charge in [-0.2, -0.15) is 0 Å². The van der Waals surface area contributed by atoms with Crippen molar-refractivity contribution in [3.05, 3.63) is 0 Å². The molecule has 0 saturated carbocycles. The van der Waals surface area contributed by atoms with E-state index >= 15 is 0 Å². The second-order valence-corrected chi connectivity index (χ2v) is 4.67. The molecule has 1 aliphatic heterocycles. The van der Waals surface area contributed by atoms with Crippen molar-refractivity contribution in [1.29, 1.82) is 0 Å². The molecule has 0 bridgehead atoms. The van der Waals surface area contributed by atoms with Crippen LogP contribution in [0.5, 0.6) is 0 Å². The van der Waals surface area contributed by atoms with Crippen LogP contribution in [-0.2, 0) is 4.74 Å². The van der Waals surface area contributed by atoms with Gasteiger partial charge in [-0.25, -0.2) is 0 Å². The molecule has 0 radical (unpaired) electrons. The molecule has 1 rings (SSSR count). The third-order valence-electron chi connectivity index (χ3n) is 3.01. The highest BCUT2D eigenvalue weighted by molar-refractivity contribution is 5.58. The van der Waals surface area contributed by atoms with Crippen molar-refractivity contribution in [3.8, 4) is 0 Å². The highest BCUT2D eigenvalue weighted by atomic mass is 16.5. The summed E-state index contributed by atoms with van der Waals surface area (Å²) in [5.41, 5.74) is 0.666. The van der Waals surface area contributed by atoms with Crippen molar-refractivity contribution in [2.24, 2.45) is 15.8 Å². The number of ether oxygens (including phenoxy) is 1. The van der Waals surface area contributed by atoms with Gasteiger partial charge in [0.25, 0.3) is 0 Å². The highest BCUT2D eigenvalue weighted by Crippen LogP contribution is 2.46. The van der Waals surface area contributed by atoms with Gasteiger partial charge in [-0.1, -0.05) is 20.8 Å². The molecule has 0 atom stereocenters. The highest BCUT2D eigenvalue weighted by Gasteiger charge is 2.47. The number of aliphatic imine (C=N–C) groups is 1. The van der Waals surface area contributed by atoms with Crippen LogP contribution in [0.25, 0.3) is 0 Å². The Morgan fingerprint density at radius 3 is 2.25 bits per heavy atom. The molecule has 0 aromatic rings. The molecule has 0 aliphatic carbocycles. The summed E-state index contributed by atoms with van der Waals surface area (Å²) in [6.07, 6.45) is 3.06. The molecule has 0 aromatic heterocycles. The summed E-state index contributed by atoms with van der Waals surface area (Å²) in [5, 5.41) is 0. The average molecular weight is 169 g/mol. The van der Waals surface area contributed by atoms with Crippen LogP contribution >= 0.6 is 0 Å². The lowest BCUT2D eigenvalue weighted by atomic mass is 9.63. The van der Waals surface area contributed by atoms with E-state index in [-0.39, 0.29) is 0 Å². The third kappa shape index (κ3) is 1.53. The van der Waals surface area contributed by atoms with E-state index in [0.717, 1.165) is 19.6 Å². The number of hydrogen-bond donors (Lipinski definition) is 0. The van der Waals surface area contributed by atoms with Crippen molar-refractivity contribution < 1.29 is 4.74 Å². The van der Waals surface area contributed by atoms with Gasteiger partial charge in [0.2, 0.25) is 0 Å². The van der Waals surface area contributed by atoms with Crippen LogP contribution in [0.3, 0.4) is 0 Å². The maximum absolute atomic E-state index is 5.30. The first-order chi connectivity index (χ1) is 5.52. The van der Waals surface area contributed by atoms with Gasteiger partial charge in [-0.3, -0.25) is 0 Å². The van der Waals surface area contributed by atoms with Crippen LogP contribution in [0.4, 0.5) is 0 Å². The lowest BCUT2D eigenvalue weighted by Gasteiger charge is -2.50. The Morgan fingerprint density at radius 1 is 1.42 bits per heavy atom. The minimum Gasteiger partial charge on any atom is -0.380 e. The summed E-state index contributed by atoms with van der Waals surface area (Å²) in [6, 6.07) is 0. The van der Waals surface area contributed by atoms with Crippen LogP contribution in [0.2, 0.25) is 0 Å². The fourth-order valence-corrected chi connectivity index (χ4v) is 1.47. The Labute approximate surface area is 75.0 Å². The number of hydrogen-bond acceptors (Lipinski definition) is 2. The Kier molecular flexibility index (Phi) is 2.57. The van der Waals surface area contributed by atoms with Gasteiger partial charge >= 0.3 is 0 Å².